The Labute approximate surface area is 95.2 Å². The van der Waals surface area contributed by atoms with E-state index in [-0.39, 0.29) is 11.5 Å². The van der Waals surface area contributed by atoms with Crippen molar-refractivity contribution in [3.63, 3.8) is 0 Å². The van der Waals surface area contributed by atoms with Crippen molar-refractivity contribution in [2.75, 3.05) is 19.6 Å². The maximum Gasteiger partial charge on any atom is 0.0217 e. The van der Waals surface area contributed by atoms with Gasteiger partial charge < -0.3 is 10.6 Å². The first-order chi connectivity index (χ1) is 6.79. The molecule has 15 heavy (non-hydrogen) atoms. The largest absolute Gasteiger partial charge is 0.326 e. The summed E-state index contributed by atoms with van der Waals surface area (Å²) in [5, 5.41) is 0. The van der Waals surface area contributed by atoms with Gasteiger partial charge in [-0.1, -0.05) is 34.6 Å². The van der Waals surface area contributed by atoms with Gasteiger partial charge in [-0.05, 0) is 23.7 Å². The molecule has 2 heteroatoms. The predicted octanol–water partition coefficient (Wildman–Crippen LogP) is 2.34. The molecule has 1 rings (SSSR count). The van der Waals surface area contributed by atoms with Crippen molar-refractivity contribution in [1.82, 2.24) is 4.90 Å². The maximum absolute atomic E-state index is 6.23. The Balaban J connectivity index is 2.44. The fourth-order valence-electron chi connectivity index (χ4n) is 2.49. The summed E-state index contributed by atoms with van der Waals surface area (Å²) in [5.74, 6) is 1.67. The van der Waals surface area contributed by atoms with Crippen LogP contribution in [0, 0.1) is 17.3 Å². The number of rotatable bonds is 2. The summed E-state index contributed by atoms with van der Waals surface area (Å²) in [4.78, 5) is 2.55. The number of nitrogens with zero attached hydrogens (tertiary/aromatic N) is 1. The van der Waals surface area contributed by atoms with E-state index in [1.807, 2.05) is 0 Å². The molecule has 1 aliphatic heterocycles. The topological polar surface area (TPSA) is 29.3 Å². The van der Waals surface area contributed by atoms with Gasteiger partial charge in [-0.15, -0.1) is 0 Å². The minimum atomic E-state index is 0.226. The molecule has 0 aromatic carbocycles. The van der Waals surface area contributed by atoms with E-state index in [0.29, 0.717) is 0 Å². The molecule has 0 aliphatic carbocycles. The third-order valence-electron chi connectivity index (χ3n) is 3.51. The molecular weight excluding hydrogens is 184 g/mol. The highest BCUT2D eigenvalue weighted by Gasteiger charge is 2.27. The molecule has 0 amide bonds. The average molecular weight is 212 g/mol. The van der Waals surface area contributed by atoms with E-state index < -0.39 is 0 Å². The highest BCUT2D eigenvalue weighted by atomic mass is 15.1. The molecule has 1 fully saturated rings. The van der Waals surface area contributed by atoms with E-state index in [9.17, 15) is 0 Å². The molecule has 3 atom stereocenters. The van der Waals surface area contributed by atoms with Crippen LogP contribution in [-0.2, 0) is 0 Å². The minimum absolute atomic E-state index is 0.226. The Bertz CT molecular complexity index is 185. The lowest BCUT2D eigenvalue weighted by atomic mass is 9.85. The smallest absolute Gasteiger partial charge is 0.0217 e. The van der Waals surface area contributed by atoms with Gasteiger partial charge in [0, 0.05) is 25.7 Å². The van der Waals surface area contributed by atoms with Crippen LogP contribution in [-0.4, -0.2) is 30.6 Å². The van der Waals surface area contributed by atoms with Crippen LogP contribution in [0.3, 0.4) is 0 Å². The van der Waals surface area contributed by atoms with Crippen LogP contribution >= 0.6 is 0 Å². The van der Waals surface area contributed by atoms with Gasteiger partial charge in [0.15, 0.2) is 0 Å². The number of piperidine rings is 1. The zero-order valence-corrected chi connectivity index (χ0v) is 11.1. The molecular formula is C13H28N2. The van der Waals surface area contributed by atoms with Crippen LogP contribution in [0.25, 0.3) is 0 Å². The highest BCUT2D eigenvalue weighted by molar-refractivity contribution is 4.83. The van der Waals surface area contributed by atoms with Crippen LogP contribution in [0.4, 0.5) is 0 Å². The molecule has 0 aromatic rings. The highest BCUT2D eigenvalue weighted by Crippen LogP contribution is 2.23. The van der Waals surface area contributed by atoms with Crippen LogP contribution in [0.15, 0.2) is 0 Å². The Morgan fingerprint density at radius 2 is 1.67 bits per heavy atom. The lowest BCUT2D eigenvalue weighted by Gasteiger charge is -2.39. The van der Waals surface area contributed by atoms with E-state index in [4.69, 9.17) is 5.73 Å². The summed E-state index contributed by atoms with van der Waals surface area (Å²) in [7, 11) is 0. The molecule has 0 saturated carbocycles. The average Bonchev–Trinajstić information content (AvgIpc) is 1.99. The van der Waals surface area contributed by atoms with Gasteiger partial charge in [0.05, 0.1) is 0 Å². The van der Waals surface area contributed by atoms with Crippen molar-refractivity contribution in [1.29, 1.82) is 0 Å². The normalized spacial score (nSPS) is 31.6. The second-order valence-electron chi connectivity index (χ2n) is 6.64. The Hall–Kier alpha value is -0.0800. The van der Waals surface area contributed by atoms with Gasteiger partial charge >= 0.3 is 0 Å². The summed E-state index contributed by atoms with van der Waals surface area (Å²) < 4.78 is 0. The van der Waals surface area contributed by atoms with Crippen molar-refractivity contribution in [2.24, 2.45) is 23.0 Å². The second-order valence-corrected chi connectivity index (χ2v) is 6.64. The molecule has 0 spiro atoms. The summed E-state index contributed by atoms with van der Waals surface area (Å²) in [6, 6.07) is 0.287. The first kappa shape index (κ1) is 13.0. The number of hydrogen-bond acceptors (Lipinski definition) is 2. The molecule has 0 bridgehead atoms. The van der Waals surface area contributed by atoms with E-state index in [1.165, 1.54) is 19.5 Å². The molecule has 2 N–H and O–H groups in total. The lowest BCUT2D eigenvalue weighted by molar-refractivity contribution is 0.114. The van der Waals surface area contributed by atoms with E-state index in [1.54, 1.807) is 0 Å². The van der Waals surface area contributed by atoms with Crippen molar-refractivity contribution >= 4 is 0 Å². The first-order valence-electron chi connectivity index (χ1n) is 6.27. The Morgan fingerprint density at radius 1 is 1.20 bits per heavy atom. The van der Waals surface area contributed by atoms with Gasteiger partial charge in [-0.2, -0.15) is 0 Å². The second kappa shape index (κ2) is 4.84. The zero-order chi connectivity index (χ0) is 11.6. The summed E-state index contributed by atoms with van der Waals surface area (Å²) in [6.07, 6.45) is 1.38. The minimum Gasteiger partial charge on any atom is -0.326 e. The third-order valence-corrected chi connectivity index (χ3v) is 3.51. The third kappa shape index (κ3) is 4.12. The zero-order valence-electron chi connectivity index (χ0n) is 11.1. The van der Waals surface area contributed by atoms with Crippen LogP contribution in [0.1, 0.15) is 41.0 Å². The van der Waals surface area contributed by atoms with E-state index in [0.717, 1.165) is 18.4 Å². The maximum atomic E-state index is 6.23. The quantitative estimate of drug-likeness (QED) is 0.761. The lowest BCUT2D eigenvalue weighted by Crippen LogP contribution is -2.49. The Kier molecular flexibility index (Phi) is 4.19. The van der Waals surface area contributed by atoms with Crippen molar-refractivity contribution in [3.8, 4) is 0 Å². The van der Waals surface area contributed by atoms with Gasteiger partial charge in [0.1, 0.15) is 0 Å². The van der Waals surface area contributed by atoms with Gasteiger partial charge in [-0.3, -0.25) is 0 Å². The number of nitrogens with two attached hydrogens (primary N) is 1. The van der Waals surface area contributed by atoms with Crippen molar-refractivity contribution in [2.45, 2.75) is 47.1 Å². The van der Waals surface area contributed by atoms with Crippen molar-refractivity contribution in [3.05, 3.63) is 0 Å². The van der Waals surface area contributed by atoms with E-state index in [2.05, 4.69) is 39.5 Å². The summed E-state index contributed by atoms with van der Waals surface area (Å²) in [5.41, 5.74) is 6.46. The molecule has 1 saturated heterocycles. The SMILES string of the molecule is CC1CC(C)CN(CC(N)C(C)(C)C)C1. The van der Waals surface area contributed by atoms with Gasteiger partial charge in [0.25, 0.3) is 0 Å². The van der Waals surface area contributed by atoms with Gasteiger partial charge in [-0.25, -0.2) is 0 Å². The predicted molar refractivity (Wildman–Crippen MR) is 66.8 cm³/mol. The summed E-state index contributed by atoms with van der Waals surface area (Å²) >= 11 is 0. The van der Waals surface area contributed by atoms with Crippen LogP contribution < -0.4 is 5.73 Å². The molecule has 0 aromatic heterocycles. The molecule has 0 radical (unpaired) electrons. The Morgan fingerprint density at radius 3 is 2.07 bits per heavy atom. The molecule has 1 aliphatic rings. The van der Waals surface area contributed by atoms with E-state index >= 15 is 0 Å². The van der Waals surface area contributed by atoms with Crippen LogP contribution in [0.5, 0.6) is 0 Å². The number of likely N-dealkylation sites (tertiary alicyclic amines) is 1. The standard InChI is InChI=1S/C13H28N2/c1-10-6-11(2)8-15(7-10)9-12(14)13(3,4)5/h10-12H,6-9,14H2,1-5H3. The fourth-order valence-corrected chi connectivity index (χ4v) is 2.49. The van der Waals surface area contributed by atoms with Gasteiger partial charge in [0.2, 0.25) is 0 Å². The summed E-state index contributed by atoms with van der Waals surface area (Å²) in [6.45, 7) is 14.9. The molecule has 2 nitrogen and oxygen atoms in total. The monoisotopic (exact) mass is 212 g/mol. The first-order valence-corrected chi connectivity index (χ1v) is 6.27. The fraction of sp³-hybridized carbons (Fsp3) is 1.00. The molecule has 90 valence electrons. The molecule has 3 unspecified atom stereocenters. The van der Waals surface area contributed by atoms with Crippen LogP contribution in [0.2, 0.25) is 0 Å². The molecule has 1 heterocycles. The number of hydrogen-bond donors (Lipinski definition) is 1. The van der Waals surface area contributed by atoms with Crippen molar-refractivity contribution < 1.29 is 0 Å².